The molecule has 0 bridgehead atoms. The third-order valence-electron chi connectivity index (χ3n) is 11.5. The normalized spacial score (nSPS) is 11.8. The van der Waals surface area contributed by atoms with E-state index in [1.807, 2.05) is 0 Å². The van der Waals surface area contributed by atoms with Gasteiger partial charge in [-0.1, -0.05) is 165 Å². The van der Waals surface area contributed by atoms with Gasteiger partial charge < -0.3 is 0 Å². The summed E-state index contributed by atoms with van der Waals surface area (Å²) >= 11 is 0. The summed E-state index contributed by atoms with van der Waals surface area (Å²) in [6.07, 6.45) is 0.843. The SMILES string of the molecule is CCc1nc2ccccc2n1-c1ccc(-c2c3ccccc3c(-c3ccc4ccc5ccccc5c4c3)c3cc(-c4ccccc4)ccc23)c2ccccc12. The van der Waals surface area contributed by atoms with E-state index in [0.29, 0.717) is 0 Å². The Morgan fingerprint density at radius 1 is 0.400 bits per heavy atom. The Hall–Kier alpha value is -7.03. The van der Waals surface area contributed by atoms with Crippen LogP contribution in [0, 0.1) is 0 Å². The van der Waals surface area contributed by atoms with Crippen LogP contribution in [-0.2, 0) is 6.42 Å². The maximum Gasteiger partial charge on any atom is 0.114 e. The van der Waals surface area contributed by atoms with Gasteiger partial charge in [0.15, 0.2) is 0 Å². The van der Waals surface area contributed by atoms with E-state index in [2.05, 4.69) is 200 Å². The molecular formula is C53H36N2. The average Bonchev–Trinajstić information content (AvgIpc) is 3.64. The molecule has 0 aliphatic rings. The summed E-state index contributed by atoms with van der Waals surface area (Å²) in [4.78, 5) is 5.05. The highest BCUT2D eigenvalue weighted by atomic mass is 15.1. The lowest BCUT2D eigenvalue weighted by molar-refractivity contribution is 0.913. The molecule has 2 heteroatoms. The maximum absolute atomic E-state index is 5.05. The molecule has 10 aromatic carbocycles. The van der Waals surface area contributed by atoms with Crippen molar-refractivity contribution in [2.24, 2.45) is 0 Å². The number of fused-ring (bicyclic) bond motifs is 7. The van der Waals surface area contributed by atoms with Crippen molar-refractivity contribution in [3.63, 3.8) is 0 Å². The predicted molar refractivity (Wildman–Crippen MR) is 234 cm³/mol. The number of rotatable bonds is 5. The van der Waals surface area contributed by atoms with E-state index in [1.54, 1.807) is 0 Å². The van der Waals surface area contributed by atoms with Gasteiger partial charge in [0, 0.05) is 11.8 Å². The molecule has 2 nitrogen and oxygen atoms in total. The lowest BCUT2D eigenvalue weighted by Gasteiger charge is -2.21. The van der Waals surface area contributed by atoms with Crippen molar-refractivity contribution in [2.75, 3.05) is 0 Å². The molecule has 0 radical (unpaired) electrons. The molecule has 11 rings (SSSR count). The smallest absolute Gasteiger partial charge is 0.114 e. The largest absolute Gasteiger partial charge is 0.296 e. The van der Waals surface area contributed by atoms with Gasteiger partial charge in [-0.15, -0.1) is 0 Å². The molecule has 0 amide bonds. The molecule has 11 aromatic rings. The monoisotopic (exact) mass is 700 g/mol. The van der Waals surface area contributed by atoms with Crippen molar-refractivity contribution < 1.29 is 0 Å². The number of aromatic nitrogens is 2. The molecule has 1 aromatic heterocycles. The Morgan fingerprint density at radius 2 is 1.00 bits per heavy atom. The fourth-order valence-electron chi connectivity index (χ4n) is 9.03. The van der Waals surface area contributed by atoms with Crippen LogP contribution in [0.3, 0.4) is 0 Å². The highest BCUT2D eigenvalue weighted by molar-refractivity contribution is 6.25. The van der Waals surface area contributed by atoms with Crippen LogP contribution in [0.2, 0.25) is 0 Å². The quantitative estimate of drug-likeness (QED) is 0.129. The summed E-state index contributed by atoms with van der Waals surface area (Å²) in [7, 11) is 0. The summed E-state index contributed by atoms with van der Waals surface area (Å²) in [5, 5.41) is 12.5. The lowest BCUT2D eigenvalue weighted by Crippen LogP contribution is -2.01. The second-order valence-electron chi connectivity index (χ2n) is 14.5. The summed E-state index contributed by atoms with van der Waals surface area (Å²) in [6, 6.07) is 69.1. The number of benzene rings is 10. The Bertz CT molecular complexity index is 3300. The van der Waals surface area contributed by atoms with Gasteiger partial charge in [0.2, 0.25) is 0 Å². The topological polar surface area (TPSA) is 17.8 Å². The zero-order valence-corrected chi connectivity index (χ0v) is 30.5. The second kappa shape index (κ2) is 12.5. The minimum absolute atomic E-state index is 0.843. The third-order valence-corrected chi connectivity index (χ3v) is 11.5. The van der Waals surface area contributed by atoms with Crippen molar-refractivity contribution >= 4 is 64.9 Å². The molecule has 0 aliphatic carbocycles. The molecule has 0 N–H and O–H groups in total. The summed E-state index contributed by atoms with van der Waals surface area (Å²) < 4.78 is 2.36. The lowest BCUT2D eigenvalue weighted by atomic mass is 9.83. The van der Waals surface area contributed by atoms with Crippen LogP contribution < -0.4 is 0 Å². The molecule has 0 atom stereocenters. The first-order valence-electron chi connectivity index (χ1n) is 19.2. The van der Waals surface area contributed by atoms with Crippen LogP contribution in [0.5, 0.6) is 0 Å². The molecule has 0 saturated carbocycles. The van der Waals surface area contributed by atoms with E-state index in [-0.39, 0.29) is 0 Å². The first-order valence-corrected chi connectivity index (χ1v) is 19.2. The molecule has 0 aliphatic heterocycles. The van der Waals surface area contributed by atoms with Gasteiger partial charge in [0.25, 0.3) is 0 Å². The second-order valence-corrected chi connectivity index (χ2v) is 14.5. The van der Waals surface area contributed by atoms with Crippen LogP contribution in [-0.4, -0.2) is 9.55 Å². The molecule has 258 valence electrons. The summed E-state index contributed by atoms with van der Waals surface area (Å²) in [6.45, 7) is 2.19. The van der Waals surface area contributed by atoms with Crippen LogP contribution >= 0.6 is 0 Å². The fraction of sp³-hybridized carbons (Fsp3) is 0.0377. The van der Waals surface area contributed by atoms with Crippen LogP contribution in [0.1, 0.15) is 12.7 Å². The third kappa shape index (κ3) is 4.92. The van der Waals surface area contributed by atoms with Gasteiger partial charge in [0.1, 0.15) is 5.82 Å². The molecule has 1 heterocycles. The number of aryl methyl sites for hydroxylation is 1. The first kappa shape index (κ1) is 31.5. The van der Waals surface area contributed by atoms with Crippen LogP contribution in [0.15, 0.2) is 188 Å². The fourth-order valence-corrected chi connectivity index (χ4v) is 9.03. The van der Waals surface area contributed by atoms with E-state index in [9.17, 15) is 0 Å². The molecule has 0 unspecified atom stereocenters. The van der Waals surface area contributed by atoms with Crippen molar-refractivity contribution in [1.82, 2.24) is 9.55 Å². The van der Waals surface area contributed by atoms with Crippen LogP contribution in [0.4, 0.5) is 0 Å². The Kier molecular flexibility index (Phi) is 7.18. The van der Waals surface area contributed by atoms with Crippen molar-refractivity contribution in [3.05, 3.63) is 194 Å². The predicted octanol–water partition coefficient (Wildman–Crippen LogP) is 14.4. The number of para-hydroxylation sites is 2. The van der Waals surface area contributed by atoms with E-state index in [1.165, 1.54) is 87.2 Å². The van der Waals surface area contributed by atoms with E-state index >= 15 is 0 Å². The number of nitrogens with zero attached hydrogens (tertiary/aromatic N) is 2. The van der Waals surface area contributed by atoms with Crippen molar-refractivity contribution in [2.45, 2.75) is 13.3 Å². The van der Waals surface area contributed by atoms with Crippen molar-refractivity contribution in [3.8, 4) is 39.1 Å². The van der Waals surface area contributed by atoms with Gasteiger partial charge in [-0.3, -0.25) is 4.57 Å². The Labute approximate surface area is 319 Å². The molecule has 0 saturated heterocycles. The molecule has 0 spiro atoms. The number of hydrogen-bond acceptors (Lipinski definition) is 1. The minimum atomic E-state index is 0.843. The van der Waals surface area contributed by atoms with E-state index < -0.39 is 0 Å². The van der Waals surface area contributed by atoms with E-state index in [4.69, 9.17) is 4.98 Å². The van der Waals surface area contributed by atoms with Gasteiger partial charge in [0.05, 0.1) is 16.7 Å². The van der Waals surface area contributed by atoms with Gasteiger partial charge in [-0.25, -0.2) is 4.98 Å². The Morgan fingerprint density at radius 3 is 1.82 bits per heavy atom. The highest BCUT2D eigenvalue weighted by Crippen LogP contribution is 2.47. The zero-order valence-electron chi connectivity index (χ0n) is 30.5. The zero-order chi connectivity index (χ0) is 36.5. The van der Waals surface area contributed by atoms with Gasteiger partial charge in [-0.2, -0.15) is 0 Å². The summed E-state index contributed by atoms with van der Waals surface area (Å²) in [5.74, 6) is 1.07. The molecule has 0 fully saturated rings. The summed E-state index contributed by atoms with van der Waals surface area (Å²) in [5.41, 5.74) is 10.7. The van der Waals surface area contributed by atoms with Crippen LogP contribution in [0.25, 0.3) is 104 Å². The first-order chi connectivity index (χ1) is 27.2. The Balaban J connectivity index is 1.24. The average molecular weight is 701 g/mol. The highest BCUT2D eigenvalue weighted by Gasteiger charge is 2.21. The standard InChI is InChI=1S/C53H36N2/c1-2-51-54-48-22-12-13-23-50(48)55(51)49-31-30-44(40-18-8-9-19-41(40)49)53-43-21-11-10-20-42(43)52(47-32-37(28-29-45(47)53)34-14-4-3-5-15-34)38-27-26-36-25-24-35-16-6-7-17-39(35)46(36)33-38/h3-33H,2H2,1H3. The maximum atomic E-state index is 5.05. The van der Waals surface area contributed by atoms with Gasteiger partial charge in [-0.05, 0) is 112 Å². The van der Waals surface area contributed by atoms with Gasteiger partial charge >= 0.3 is 0 Å². The number of hydrogen-bond donors (Lipinski definition) is 0. The van der Waals surface area contributed by atoms with Crippen molar-refractivity contribution in [1.29, 1.82) is 0 Å². The number of imidazole rings is 1. The molecule has 55 heavy (non-hydrogen) atoms. The van der Waals surface area contributed by atoms with E-state index in [0.717, 1.165) is 29.0 Å². The minimum Gasteiger partial charge on any atom is -0.296 e. The molecular weight excluding hydrogens is 665 g/mol.